The Hall–Kier alpha value is -0.210. The fourth-order valence-electron chi connectivity index (χ4n) is 2.73. The van der Waals surface area contributed by atoms with Crippen LogP contribution in [-0.4, -0.2) is 6.18 Å². The van der Waals surface area contributed by atoms with E-state index < -0.39 is 12.6 Å². The molecule has 0 saturated heterocycles. The highest BCUT2D eigenvalue weighted by Gasteiger charge is 2.33. The molecule has 0 heterocycles. The zero-order valence-electron chi connectivity index (χ0n) is 11.9. The molecule has 2 atom stereocenters. The number of halogens is 3. The van der Waals surface area contributed by atoms with Gasteiger partial charge in [0.25, 0.3) is 0 Å². The molecule has 0 amide bonds. The number of rotatable bonds is 8. The van der Waals surface area contributed by atoms with Crippen molar-refractivity contribution in [2.75, 3.05) is 0 Å². The molecule has 0 aliphatic heterocycles. The molecular weight excluding hydrogens is 237 g/mol. The highest BCUT2D eigenvalue weighted by molar-refractivity contribution is 4.82. The minimum absolute atomic E-state index is 0.217. The van der Waals surface area contributed by atoms with Crippen molar-refractivity contribution >= 4 is 0 Å². The zero-order valence-corrected chi connectivity index (χ0v) is 11.9. The smallest absolute Gasteiger partial charge is 0.171 e. The quantitative estimate of drug-likeness (QED) is 0.518. The van der Waals surface area contributed by atoms with Crippen LogP contribution in [0.4, 0.5) is 13.2 Å². The molecule has 1 aliphatic rings. The van der Waals surface area contributed by atoms with E-state index in [1.165, 1.54) is 25.7 Å². The van der Waals surface area contributed by atoms with Crippen molar-refractivity contribution in [1.29, 1.82) is 0 Å². The summed E-state index contributed by atoms with van der Waals surface area (Å²) in [7, 11) is 0. The van der Waals surface area contributed by atoms with Crippen molar-refractivity contribution < 1.29 is 13.2 Å². The molecule has 3 heteroatoms. The van der Waals surface area contributed by atoms with E-state index in [4.69, 9.17) is 0 Å². The van der Waals surface area contributed by atoms with Crippen molar-refractivity contribution in [2.45, 2.75) is 71.9 Å². The second-order valence-corrected chi connectivity index (χ2v) is 6.57. The third-order valence-electron chi connectivity index (χ3n) is 4.01. The van der Waals surface area contributed by atoms with E-state index in [9.17, 15) is 13.2 Å². The molecule has 2 unspecified atom stereocenters. The lowest BCUT2D eigenvalue weighted by Crippen LogP contribution is -2.14. The summed E-state index contributed by atoms with van der Waals surface area (Å²) < 4.78 is 36.8. The van der Waals surface area contributed by atoms with Gasteiger partial charge in [-0.05, 0) is 49.4 Å². The van der Waals surface area contributed by atoms with Gasteiger partial charge in [-0.3, -0.25) is 0 Å². The normalized spacial score (nSPS) is 20.2. The fourth-order valence-corrected chi connectivity index (χ4v) is 2.73. The van der Waals surface area contributed by atoms with Crippen LogP contribution in [0.5, 0.6) is 0 Å². The Morgan fingerprint density at radius 1 is 0.944 bits per heavy atom. The predicted molar refractivity (Wildman–Crippen MR) is 69.4 cm³/mol. The summed E-state index contributed by atoms with van der Waals surface area (Å²) in [6, 6.07) is 0. The van der Waals surface area contributed by atoms with Gasteiger partial charge in [-0.25, -0.2) is 0 Å². The number of alkyl halides is 3. The van der Waals surface area contributed by atoms with Crippen molar-refractivity contribution in [1.82, 2.24) is 0 Å². The van der Waals surface area contributed by atoms with Gasteiger partial charge in [0.15, 0.2) is 0 Å². The molecule has 1 aliphatic carbocycles. The van der Waals surface area contributed by atoms with Crippen LogP contribution >= 0.6 is 0 Å². The van der Waals surface area contributed by atoms with Gasteiger partial charge in [0.2, 0.25) is 0 Å². The van der Waals surface area contributed by atoms with Crippen molar-refractivity contribution in [3.63, 3.8) is 0 Å². The molecule has 1 saturated carbocycles. The molecule has 18 heavy (non-hydrogen) atoms. The average molecular weight is 264 g/mol. The summed E-state index contributed by atoms with van der Waals surface area (Å²) in [5, 5.41) is 0. The highest BCUT2D eigenvalue weighted by atomic mass is 19.4. The Morgan fingerprint density at radius 3 is 1.94 bits per heavy atom. The van der Waals surface area contributed by atoms with Crippen LogP contribution in [0.25, 0.3) is 0 Å². The summed E-state index contributed by atoms with van der Waals surface area (Å²) >= 11 is 0. The molecule has 0 aromatic rings. The Bertz CT molecular complexity index is 228. The fraction of sp³-hybridized carbons (Fsp3) is 1.00. The van der Waals surface area contributed by atoms with E-state index in [0.29, 0.717) is 11.8 Å². The Labute approximate surface area is 109 Å². The van der Waals surface area contributed by atoms with Gasteiger partial charge in [-0.1, -0.05) is 33.6 Å². The van der Waals surface area contributed by atoms with Gasteiger partial charge in [0.05, 0.1) is 0 Å². The van der Waals surface area contributed by atoms with Crippen molar-refractivity contribution in [3.8, 4) is 0 Å². The molecule has 108 valence electrons. The summed E-state index contributed by atoms with van der Waals surface area (Å²) in [6.07, 6.45) is 2.15. The third-order valence-corrected chi connectivity index (χ3v) is 4.01. The molecular formula is C15H27F3. The second-order valence-electron chi connectivity index (χ2n) is 6.57. The van der Waals surface area contributed by atoms with E-state index in [2.05, 4.69) is 13.8 Å². The van der Waals surface area contributed by atoms with Gasteiger partial charge < -0.3 is 0 Å². The first-order chi connectivity index (χ1) is 8.28. The summed E-state index contributed by atoms with van der Waals surface area (Å²) in [5.74, 6) is 1.99. The summed E-state index contributed by atoms with van der Waals surface area (Å²) in [6.45, 7) is 6.17. The average Bonchev–Trinajstić information content (AvgIpc) is 2.98. The van der Waals surface area contributed by atoms with E-state index in [1.54, 1.807) is 6.92 Å². The maximum Gasteiger partial charge on any atom is 0.389 e. The standard InChI is InChI=1S/C15H27F3/c1-11(2)4-6-13(14-8-9-14)7-5-12(3)10-15(16,17)18/h11-14H,4-10H2,1-3H3. The van der Waals surface area contributed by atoms with Crippen molar-refractivity contribution in [3.05, 3.63) is 0 Å². The second kappa shape index (κ2) is 6.81. The van der Waals surface area contributed by atoms with Crippen LogP contribution in [-0.2, 0) is 0 Å². The molecule has 1 fully saturated rings. The lowest BCUT2D eigenvalue weighted by atomic mass is 9.87. The lowest BCUT2D eigenvalue weighted by Gasteiger charge is -2.20. The van der Waals surface area contributed by atoms with E-state index in [1.807, 2.05) is 0 Å². The first-order valence-electron chi connectivity index (χ1n) is 7.34. The SMILES string of the molecule is CC(C)CCC(CCC(C)CC(F)(F)F)C1CC1. The molecule has 0 N–H and O–H groups in total. The van der Waals surface area contributed by atoms with Gasteiger partial charge >= 0.3 is 6.18 Å². The van der Waals surface area contributed by atoms with Crippen LogP contribution in [0.3, 0.4) is 0 Å². The first-order valence-corrected chi connectivity index (χ1v) is 7.34. The maximum absolute atomic E-state index is 12.3. The van der Waals surface area contributed by atoms with Crippen LogP contribution < -0.4 is 0 Å². The van der Waals surface area contributed by atoms with Gasteiger partial charge in [-0.15, -0.1) is 0 Å². The minimum atomic E-state index is -3.99. The van der Waals surface area contributed by atoms with E-state index in [0.717, 1.165) is 18.8 Å². The monoisotopic (exact) mass is 264 g/mol. The molecule has 1 rings (SSSR count). The molecule has 0 radical (unpaired) electrons. The van der Waals surface area contributed by atoms with Crippen LogP contribution in [0.1, 0.15) is 65.7 Å². The number of hydrogen-bond donors (Lipinski definition) is 0. The molecule has 0 aromatic carbocycles. The van der Waals surface area contributed by atoms with Gasteiger partial charge in [0.1, 0.15) is 0 Å². The summed E-state index contributed by atoms with van der Waals surface area (Å²) in [4.78, 5) is 0. The third kappa shape index (κ3) is 7.27. The minimum Gasteiger partial charge on any atom is -0.171 e. The predicted octanol–water partition coefficient (Wildman–Crippen LogP) is 5.82. The van der Waals surface area contributed by atoms with E-state index >= 15 is 0 Å². The van der Waals surface area contributed by atoms with Crippen LogP contribution in [0.2, 0.25) is 0 Å². The van der Waals surface area contributed by atoms with Gasteiger partial charge in [0, 0.05) is 6.42 Å². The maximum atomic E-state index is 12.3. The highest BCUT2D eigenvalue weighted by Crippen LogP contribution is 2.42. The van der Waals surface area contributed by atoms with Crippen molar-refractivity contribution in [2.24, 2.45) is 23.7 Å². The van der Waals surface area contributed by atoms with E-state index in [-0.39, 0.29) is 5.92 Å². The molecule has 0 bridgehead atoms. The lowest BCUT2D eigenvalue weighted by molar-refractivity contribution is -0.143. The Kier molecular flexibility index (Phi) is 6.00. The zero-order chi connectivity index (χ0) is 13.8. The molecule has 0 spiro atoms. The number of hydrogen-bond acceptors (Lipinski definition) is 0. The largest absolute Gasteiger partial charge is 0.389 e. The first kappa shape index (κ1) is 15.8. The molecule has 0 nitrogen and oxygen atoms in total. The van der Waals surface area contributed by atoms with Gasteiger partial charge in [-0.2, -0.15) is 13.2 Å². The Balaban J connectivity index is 2.24. The Morgan fingerprint density at radius 2 is 1.50 bits per heavy atom. The molecule has 0 aromatic heterocycles. The summed E-state index contributed by atoms with van der Waals surface area (Å²) in [5.41, 5.74) is 0. The van der Waals surface area contributed by atoms with Crippen LogP contribution in [0, 0.1) is 23.7 Å². The van der Waals surface area contributed by atoms with Crippen LogP contribution in [0.15, 0.2) is 0 Å². The topological polar surface area (TPSA) is 0 Å².